The summed E-state index contributed by atoms with van der Waals surface area (Å²) in [5, 5.41) is 15.7. The number of thioether (sulfide) groups is 1. The standard InChI is InChI=1S/C17H19FN6O2S/c1-12-9-15(24(22-12)14-5-3-13(18)4-6-14)20-16(25)10-27-17-21-19-11-23(17)7-8-26-2/h3-6,9,11H,7-8,10H2,1-2H3,(H,20,25). The van der Waals surface area contributed by atoms with Gasteiger partial charge in [-0.2, -0.15) is 5.10 Å². The van der Waals surface area contributed by atoms with Crippen LogP contribution >= 0.6 is 11.8 Å². The first-order valence-electron chi connectivity index (χ1n) is 8.19. The molecule has 0 fully saturated rings. The van der Waals surface area contributed by atoms with Crippen molar-refractivity contribution in [1.82, 2.24) is 24.5 Å². The van der Waals surface area contributed by atoms with Crippen LogP contribution < -0.4 is 5.32 Å². The average Bonchev–Trinajstić information content (AvgIpc) is 3.25. The number of ether oxygens (including phenoxy) is 1. The highest BCUT2D eigenvalue weighted by Gasteiger charge is 2.13. The van der Waals surface area contributed by atoms with Gasteiger partial charge in [0.2, 0.25) is 5.91 Å². The highest BCUT2D eigenvalue weighted by Crippen LogP contribution is 2.19. The second-order valence-electron chi connectivity index (χ2n) is 5.70. The number of nitrogens with one attached hydrogen (secondary N) is 1. The van der Waals surface area contributed by atoms with E-state index in [4.69, 9.17) is 4.74 Å². The molecule has 8 nitrogen and oxygen atoms in total. The van der Waals surface area contributed by atoms with Crippen LogP contribution in [-0.2, 0) is 16.1 Å². The van der Waals surface area contributed by atoms with Gasteiger partial charge in [-0.15, -0.1) is 10.2 Å². The SMILES string of the molecule is COCCn1cnnc1SCC(=O)Nc1cc(C)nn1-c1ccc(F)cc1. The second-order valence-corrected chi connectivity index (χ2v) is 6.64. The lowest BCUT2D eigenvalue weighted by atomic mass is 10.3. The fraction of sp³-hybridized carbons (Fsp3) is 0.294. The highest BCUT2D eigenvalue weighted by molar-refractivity contribution is 7.99. The van der Waals surface area contributed by atoms with Crippen LogP contribution in [0.15, 0.2) is 41.8 Å². The molecule has 1 aromatic carbocycles. The van der Waals surface area contributed by atoms with Gasteiger partial charge in [-0.1, -0.05) is 11.8 Å². The summed E-state index contributed by atoms with van der Waals surface area (Å²) in [5.74, 6) is 0.150. The number of aromatic nitrogens is 5. The molecule has 3 rings (SSSR count). The number of carbonyl (C=O) groups excluding carboxylic acids is 1. The van der Waals surface area contributed by atoms with Gasteiger partial charge >= 0.3 is 0 Å². The minimum atomic E-state index is -0.331. The Bertz CT molecular complexity index is 909. The van der Waals surface area contributed by atoms with E-state index in [-0.39, 0.29) is 17.5 Å². The van der Waals surface area contributed by atoms with E-state index >= 15 is 0 Å². The maximum absolute atomic E-state index is 13.1. The number of carbonyl (C=O) groups is 1. The second kappa shape index (κ2) is 8.78. The van der Waals surface area contributed by atoms with E-state index in [0.29, 0.717) is 29.8 Å². The molecule has 0 radical (unpaired) electrons. The molecule has 10 heteroatoms. The summed E-state index contributed by atoms with van der Waals surface area (Å²) in [6.45, 7) is 2.97. The number of hydrogen-bond acceptors (Lipinski definition) is 6. The van der Waals surface area contributed by atoms with Gasteiger partial charge < -0.3 is 14.6 Å². The molecule has 27 heavy (non-hydrogen) atoms. The largest absolute Gasteiger partial charge is 0.383 e. The number of nitrogens with zero attached hydrogens (tertiary/aromatic N) is 5. The normalized spacial score (nSPS) is 10.9. The molecule has 0 aliphatic rings. The van der Waals surface area contributed by atoms with E-state index in [9.17, 15) is 9.18 Å². The maximum atomic E-state index is 13.1. The molecule has 0 unspecified atom stereocenters. The first-order chi connectivity index (χ1) is 13.1. The minimum absolute atomic E-state index is 0.166. The summed E-state index contributed by atoms with van der Waals surface area (Å²) < 4.78 is 21.6. The molecule has 1 N–H and O–H groups in total. The van der Waals surface area contributed by atoms with Gasteiger partial charge in [0.25, 0.3) is 0 Å². The zero-order valence-corrected chi connectivity index (χ0v) is 15.7. The van der Waals surface area contributed by atoms with Crippen LogP contribution in [0.25, 0.3) is 5.69 Å². The maximum Gasteiger partial charge on any atom is 0.236 e. The highest BCUT2D eigenvalue weighted by atomic mass is 32.2. The fourth-order valence-corrected chi connectivity index (χ4v) is 3.12. The van der Waals surface area contributed by atoms with Crippen LogP contribution in [0.5, 0.6) is 0 Å². The van der Waals surface area contributed by atoms with Gasteiger partial charge in [0.05, 0.1) is 23.7 Å². The third kappa shape index (κ3) is 4.92. The molecule has 0 aliphatic heterocycles. The van der Waals surface area contributed by atoms with Gasteiger partial charge in [0.1, 0.15) is 18.0 Å². The van der Waals surface area contributed by atoms with E-state index < -0.39 is 0 Å². The lowest BCUT2D eigenvalue weighted by Gasteiger charge is -2.09. The minimum Gasteiger partial charge on any atom is -0.383 e. The number of methoxy groups -OCH3 is 1. The van der Waals surface area contributed by atoms with E-state index in [1.807, 2.05) is 11.5 Å². The van der Waals surface area contributed by atoms with Gasteiger partial charge in [-0.3, -0.25) is 4.79 Å². The van der Waals surface area contributed by atoms with Crippen molar-refractivity contribution in [2.45, 2.75) is 18.6 Å². The Hall–Kier alpha value is -2.72. The van der Waals surface area contributed by atoms with Crippen molar-refractivity contribution < 1.29 is 13.9 Å². The van der Waals surface area contributed by atoms with Crippen molar-refractivity contribution in [3.8, 4) is 5.69 Å². The molecular formula is C17H19FN6O2S. The number of aryl methyl sites for hydroxylation is 1. The van der Waals surface area contributed by atoms with E-state index in [2.05, 4.69) is 20.6 Å². The lowest BCUT2D eigenvalue weighted by Crippen LogP contribution is -2.17. The molecule has 142 valence electrons. The lowest BCUT2D eigenvalue weighted by molar-refractivity contribution is -0.113. The Morgan fingerprint density at radius 2 is 2.11 bits per heavy atom. The van der Waals surface area contributed by atoms with Gasteiger partial charge in [0.15, 0.2) is 5.16 Å². The Kier molecular flexibility index (Phi) is 6.20. The fourth-order valence-electron chi connectivity index (χ4n) is 2.38. The number of rotatable bonds is 8. The predicted octanol–water partition coefficient (Wildman–Crippen LogP) is 2.29. The molecule has 0 atom stereocenters. The van der Waals surface area contributed by atoms with Gasteiger partial charge in [-0.05, 0) is 31.2 Å². The van der Waals surface area contributed by atoms with Crippen LogP contribution in [-0.4, -0.2) is 49.9 Å². The van der Waals surface area contributed by atoms with Crippen molar-refractivity contribution >= 4 is 23.5 Å². The zero-order valence-electron chi connectivity index (χ0n) is 14.9. The zero-order chi connectivity index (χ0) is 19.2. The summed E-state index contributed by atoms with van der Waals surface area (Å²) in [5.41, 5.74) is 1.40. The number of hydrogen-bond donors (Lipinski definition) is 1. The summed E-state index contributed by atoms with van der Waals surface area (Å²) in [6, 6.07) is 7.66. The molecule has 0 aliphatic carbocycles. The Labute approximate surface area is 159 Å². The quantitative estimate of drug-likeness (QED) is 0.594. The predicted molar refractivity (Wildman–Crippen MR) is 99.5 cm³/mol. The molecule has 0 bridgehead atoms. The molecule has 0 saturated carbocycles. The number of halogens is 1. The molecule has 0 saturated heterocycles. The first-order valence-corrected chi connectivity index (χ1v) is 9.17. The summed E-state index contributed by atoms with van der Waals surface area (Å²) in [4.78, 5) is 12.4. The third-order valence-electron chi connectivity index (χ3n) is 3.62. The van der Waals surface area contributed by atoms with Crippen LogP contribution in [0, 0.1) is 12.7 Å². The Balaban J connectivity index is 1.65. The monoisotopic (exact) mass is 390 g/mol. The molecule has 3 aromatic rings. The van der Waals surface area contributed by atoms with E-state index in [1.165, 1.54) is 23.9 Å². The molecule has 0 spiro atoms. The molecule has 2 heterocycles. The summed E-state index contributed by atoms with van der Waals surface area (Å²) in [7, 11) is 1.62. The van der Waals surface area contributed by atoms with Crippen LogP contribution in [0.4, 0.5) is 10.2 Å². The summed E-state index contributed by atoms with van der Waals surface area (Å²) in [6.07, 6.45) is 1.60. The third-order valence-corrected chi connectivity index (χ3v) is 4.60. The van der Waals surface area contributed by atoms with Gasteiger partial charge in [0, 0.05) is 19.7 Å². The van der Waals surface area contributed by atoms with Crippen LogP contribution in [0.1, 0.15) is 5.69 Å². The van der Waals surface area contributed by atoms with Crippen molar-refractivity contribution in [1.29, 1.82) is 0 Å². The number of anilines is 1. The van der Waals surface area contributed by atoms with Gasteiger partial charge in [-0.25, -0.2) is 9.07 Å². The average molecular weight is 390 g/mol. The van der Waals surface area contributed by atoms with Crippen molar-refractivity contribution in [3.63, 3.8) is 0 Å². The number of benzene rings is 1. The first kappa shape index (κ1) is 19.1. The molecular weight excluding hydrogens is 371 g/mol. The van der Waals surface area contributed by atoms with Crippen molar-refractivity contribution in [3.05, 3.63) is 48.2 Å². The van der Waals surface area contributed by atoms with Crippen LogP contribution in [0.2, 0.25) is 0 Å². The van der Waals surface area contributed by atoms with Crippen LogP contribution in [0.3, 0.4) is 0 Å². The topological polar surface area (TPSA) is 86.9 Å². The van der Waals surface area contributed by atoms with Crippen molar-refractivity contribution in [2.75, 3.05) is 24.8 Å². The molecule has 1 amide bonds. The van der Waals surface area contributed by atoms with Crippen molar-refractivity contribution in [2.24, 2.45) is 0 Å². The Morgan fingerprint density at radius 1 is 1.33 bits per heavy atom. The smallest absolute Gasteiger partial charge is 0.236 e. The summed E-state index contributed by atoms with van der Waals surface area (Å²) >= 11 is 1.28. The van der Waals surface area contributed by atoms with E-state index in [0.717, 1.165) is 5.69 Å². The van der Waals surface area contributed by atoms with E-state index in [1.54, 1.807) is 36.3 Å². The number of amides is 1. The Morgan fingerprint density at radius 3 is 2.85 bits per heavy atom. The molecule has 2 aromatic heterocycles.